The lowest BCUT2D eigenvalue weighted by Crippen LogP contribution is -2.47. The Morgan fingerprint density at radius 1 is 1.22 bits per heavy atom. The summed E-state index contributed by atoms with van der Waals surface area (Å²) < 4.78 is 13.1. The number of rotatable bonds is 6. The summed E-state index contributed by atoms with van der Waals surface area (Å²) in [6.45, 7) is 0. The van der Waals surface area contributed by atoms with E-state index in [4.69, 9.17) is 20.0 Å². The quantitative estimate of drug-likeness (QED) is 0.607. The van der Waals surface area contributed by atoms with E-state index < -0.39 is 12.2 Å². The molecule has 0 aliphatic heterocycles. The van der Waals surface area contributed by atoms with Crippen molar-refractivity contribution < 1.29 is 14.1 Å². The molecular formula is C25H30N4O3. The molecule has 0 radical (unpaired) electrons. The number of amides is 1. The molecule has 0 unspecified atom stereocenters. The van der Waals surface area contributed by atoms with Crippen molar-refractivity contribution in [2.24, 2.45) is 36.0 Å². The molecule has 4 aliphatic rings. The van der Waals surface area contributed by atoms with Gasteiger partial charge >= 0.3 is 6.09 Å². The number of hydrogen-bond acceptors (Lipinski definition) is 5. The number of hydrogen-bond donors (Lipinski definition) is 1. The maximum atomic E-state index is 11.7. The van der Waals surface area contributed by atoms with Crippen molar-refractivity contribution in [1.82, 2.24) is 14.7 Å². The maximum absolute atomic E-state index is 11.7. The first kappa shape index (κ1) is 19.8. The third-order valence-corrected chi connectivity index (χ3v) is 8.10. The fourth-order valence-electron chi connectivity index (χ4n) is 7.42. The van der Waals surface area contributed by atoms with Crippen LogP contribution in [0.15, 0.2) is 35.0 Å². The molecule has 1 amide bonds. The fraction of sp³-hybridized carbons (Fsp3) is 0.560. The molecule has 168 valence electrons. The molecule has 32 heavy (non-hydrogen) atoms. The highest BCUT2D eigenvalue weighted by molar-refractivity contribution is 5.84. The summed E-state index contributed by atoms with van der Waals surface area (Å²) in [5, 5.41) is 5.42. The topological polar surface area (TPSA) is 96.2 Å². The van der Waals surface area contributed by atoms with Crippen LogP contribution >= 0.6 is 0 Å². The number of fused-ring (bicyclic) bond motifs is 1. The van der Waals surface area contributed by atoms with Crippen LogP contribution in [0.1, 0.15) is 61.9 Å². The van der Waals surface area contributed by atoms with E-state index in [9.17, 15) is 4.79 Å². The van der Waals surface area contributed by atoms with E-state index in [0.29, 0.717) is 17.7 Å². The minimum atomic E-state index is -0.837. The van der Waals surface area contributed by atoms with Crippen molar-refractivity contribution in [2.45, 2.75) is 57.5 Å². The molecular weight excluding hydrogens is 404 g/mol. The lowest BCUT2D eigenvalue weighted by Gasteiger charge is -2.56. The number of nitrogens with zero attached hydrogens (tertiary/aromatic N) is 3. The van der Waals surface area contributed by atoms with Crippen LogP contribution in [0.3, 0.4) is 0 Å². The molecule has 7 nitrogen and oxygen atoms in total. The number of para-hydroxylation sites is 1. The summed E-state index contributed by atoms with van der Waals surface area (Å²) in [6, 6.07) is 8.15. The summed E-state index contributed by atoms with van der Waals surface area (Å²) in [5.74, 6) is 3.70. The normalized spacial score (nSPS) is 29.5. The van der Waals surface area contributed by atoms with Gasteiger partial charge in [-0.2, -0.15) is 4.98 Å². The Hall–Kier alpha value is -2.83. The number of benzene rings is 1. The van der Waals surface area contributed by atoms with Gasteiger partial charge in [0.25, 0.3) is 5.89 Å². The first-order valence-corrected chi connectivity index (χ1v) is 11.8. The molecule has 0 spiro atoms. The predicted octanol–water partition coefficient (Wildman–Crippen LogP) is 4.70. The summed E-state index contributed by atoms with van der Waals surface area (Å²) in [5.41, 5.74) is 7.88. The second-order valence-electron chi connectivity index (χ2n) is 10.6. The largest absolute Gasteiger partial charge is 0.436 e. The molecule has 1 aromatic carbocycles. The van der Waals surface area contributed by atoms with Gasteiger partial charge in [0.1, 0.15) is 0 Å². The van der Waals surface area contributed by atoms with E-state index in [1.54, 1.807) is 0 Å². The van der Waals surface area contributed by atoms with E-state index in [0.717, 1.165) is 46.5 Å². The molecule has 4 saturated carbocycles. The van der Waals surface area contributed by atoms with E-state index in [-0.39, 0.29) is 0 Å². The molecule has 7 heteroatoms. The highest BCUT2D eigenvalue weighted by Gasteiger charge is 2.51. The Morgan fingerprint density at radius 2 is 1.91 bits per heavy atom. The molecule has 0 saturated heterocycles. The van der Waals surface area contributed by atoms with Crippen LogP contribution in [-0.4, -0.2) is 20.8 Å². The number of ether oxygens (including phenoxy) is 1. The SMILES string of the molecule is Cn1cc(C[C@H](OC(N)=O)c2nc(CC34CC5CC(CC(C5)C3)C4)no2)c2ccccc21. The lowest BCUT2D eigenvalue weighted by atomic mass is 9.49. The number of nitrogens with two attached hydrogens (primary N) is 1. The van der Waals surface area contributed by atoms with E-state index in [1.165, 1.54) is 38.5 Å². The number of primary amides is 1. The zero-order valence-corrected chi connectivity index (χ0v) is 18.5. The average Bonchev–Trinajstić information content (AvgIpc) is 3.31. The maximum Gasteiger partial charge on any atom is 0.405 e. The second kappa shape index (κ2) is 7.36. The first-order chi connectivity index (χ1) is 15.5. The van der Waals surface area contributed by atoms with Gasteiger partial charge in [-0.15, -0.1) is 0 Å². The molecule has 3 aromatic rings. The summed E-state index contributed by atoms with van der Waals surface area (Å²) >= 11 is 0. The van der Waals surface area contributed by atoms with Crippen molar-refractivity contribution in [3.8, 4) is 0 Å². The van der Waals surface area contributed by atoms with E-state index in [2.05, 4.69) is 28.1 Å². The van der Waals surface area contributed by atoms with E-state index >= 15 is 0 Å². The Kier molecular flexibility index (Phi) is 4.56. The molecule has 1 atom stereocenters. The summed E-state index contributed by atoms with van der Waals surface area (Å²) in [4.78, 5) is 16.4. The van der Waals surface area contributed by atoms with E-state index in [1.807, 2.05) is 19.2 Å². The van der Waals surface area contributed by atoms with Gasteiger partial charge < -0.3 is 19.6 Å². The lowest BCUT2D eigenvalue weighted by molar-refractivity contribution is -0.0533. The minimum Gasteiger partial charge on any atom is -0.436 e. The van der Waals surface area contributed by atoms with Gasteiger partial charge in [0.05, 0.1) is 0 Å². The first-order valence-electron chi connectivity index (χ1n) is 11.8. The van der Waals surface area contributed by atoms with Crippen molar-refractivity contribution in [1.29, 1.82) is 0 Å². The molecule has 4 fully saturated rings. The zero-order valence-electron chi connectivity index (χ0n) is 18.5. The Labute approximate surface area is 187 Å². The number of aromatic nitrogens is 3. The minimum absolute atomic E-state index is 0.325. The predicted molar refractivity (Wildman–Crippen MR) is 119 cm³/mol. The third-order valence-electron chi connectivity index (χ3n) is 8.10. The highest BCUT2D eigenvalue weighted by atomic mass is 16.6. The van der Waals surface area contributed by atoms with Crippen LogP contribution in [0.5, 0.6) is 0 Å². The van der Waals surface area contributed by atoms with Crippen LogP contribution in [0.4, 0.5) is 4.79 Å². The Balaban J connectivity index is 1.25. The average molecular weight is 435 g/mol. The van der Waals surface area contributed by atoms with Gasteiger partial charge in [0.2, 0.25) is 0 Å². The number of carbonyl (C=O) groups is 1. The smallest absolute Gasteiger partial charge is 0.405 e. The van der Waals surface area contributed by atoms with Crippen LogP contribution in [0.25, 0.3) is 10.9 Å². The summed E-state index contributed by atoms with van der Waals surface area (Å²) in [6.07, 6.45) is 9.92. The van der Waals surface area contributed by atoms with Crippen LogP contribution in [0.2, 0.25) is 0 Å². The van der Waals surface area contributed by atoms with Gasteiger partial charge in [-0.25, -0.2) is 4.79 Å². The standard InChI is InChI=1S/C25H30N4O3/c1-29-14-18(19-4-2-3-5-20(19)29)9-21(31-24(26)30)23-27-22(28-32-23)13-25-10-15-6-16(11-25)8-17(7-15)12-25/h2-5,14-17,21H,6-13H2,1H3,(H2,26,30)/t15?,16?,17?,21-,25?/m0/s1. The molecule has 7 rings (SSSR count). The van der Waals surface area contributed by atoms with Crippen LogP contribution < -0.4 is 5.73 Å². The number of carbonyl (C=O) groups excluding carboxylic acids is 1. The molecule has 2 N–H and O–H groups in total. The highest BCUT2D eigenvalue weighted by Crippen LogP contribution is 2.60. The number of aryl methyl sites for hydroxylation is 1. The second-order valence-corrected chi connectivity index (χ2v) is 10.6. The van der Waals surface area contributed by atoms with Gasteiger partial charge in [0, 0.05) is 37.0 Å². The van der Waals surface area contributed by atoms with Gasteiger partial charge in [-0.3, -0.25) is 0 Å². The molecule has 2 heterocycles. The van der Waals surface area contributed by atoms with Crippen molar-refractivity contribution in [3.63, 3.8) is 0 Å². The van der Waals surface area contributed by atoms with Gasteiger partial charge in [0.15, 0.2) is 11.9 Å². The molecule has 2 aromatic heterocycles. The third kappa shape index (κ3) is 3.48. The van der Waals surface area contributed by atoms with Crippen molar-refractivity contribution >= 4 is 17.0 Å². The molecule has 4 bridgehead atoms. The van der Waals surface area contributed by atoms with Crippen LogP contribution in [-0.2, 0) is 24.6 Å². The van der Waals surface area contributed by atoms with Gasteiger partial charge in [-0.1, -0.05) is 23.4 Å². The van der Waals surface area contributed by atoms with Crippen LogP contribution in [0, 0.1) is 23.2 Å². The summed E-state index contributed by atoms with van der Waals surface area (Å²) in [7, 11) is 2.01. The fourth-order valence-corrected chi connectivity index (χ4v) is 7.42. The molecule has 4 aliphatic carbocycles. The Bertz CT molecular complexity index is 1130. The van der Waals surface area contributed by atoms with Crippen molar-refractivity contribution in [2.75, 3.05) is 0 Å². The monoisotopic (exact) mass is 434 g/mol. The van der Waals surface area contributed by atoms with Crippen molar-refractivity contribution in [3.05, 3.63) is 47.7 Å². The van der Waals surface area contributed by atoms with Gasteiger partial charge in [-0.05, 0) is 73.3 Å². The Morgan fingerprint density at radius 3 is 2.59 bits per heavy atom. The zero-order chi connectivity index (χ0) is 21.9.